The summed E-state index contributed by atoms with van der Waals surface area (Å²) in [4.78, 5) is 0. The van der Waals surface area contributed by atoms with Gasteiger partial charge in [-0.05, 0) is 58.7 Å². The van der Waals surface area contributed by atoms with Gasteiger partial charge in [0.1, 0.15) is 0 Å². The topological polar surface area (TPSA) is 40.1 Å². The van der Waals surface area contributed by atoms with Crippen molar-refractivity contribution in [2.45, 2.75) is 124 Å². The van der Waals surface area contributed by atoms with Crippen molar-refractivity contribution >= 4 is 21.5 Å². The summed E-state index contributed by atoms with van der Waals surface area (Å²) in [6.45, 7) is 34.7. The van der Waals surface area contributed by atoms with E-state index in [9.17, 15) is 0 Å². The quantitative estimate of drug-likeness (QED) is 0.277. The molecule has 1 aromatic carbocycles. The van der Waals surface area contributed by atoms with E-state index in [2.05, 4.69) is 126 Å². The molecule has 0 aromatic heterocycles. The Bertz CT molecular complexity index is 927. The van der Waals surface area contributed by atoms with Crippen molar-refractivity contribution in [1.82, 2.24) is 0 Å². The first-order valence-corrected chi connectivity index (χ1v) is 16.2. The number of hydrogen-bond acceptors (Lipinski definition) is 1. The first-order chi connectivity index (χ1) is 16.0. The molecule has 1 aliphatic rings. The Morgan fingerprint density at radius 3 is 1.57 bits per heavy atom. The van der Waals surface area contributed by atoms with Crippen LogP contribution in [0.1, 0.15) is 99.8 Å². The van der Waals surface area contributed by atoms with Crippen LogP contribution in [-0.2, 0) is 16.8 Å². The van der Waals surface area contributed by atoms with Crippen molar-refractivity contribution in [3.05, 3.63) is 69.6 Å². The summed E-state index contributed by atoms with van der Waals surface area (Å²) in [5.74, 6) is 2.47. The van der Waals surface area contributed by atoms with Crippen LogP contribution in [0.3, 0.4) is 0 Å². The molecule has 213 valence electrons. The average molecular weight is 589 g/mol. The molecule has 2 nitrogen and oxygen atoms in total. The van der Waals surface area contributed by atoms with Crippen molar-refractivity contribution in [2.75, 3.05) is 11.9 Å². The summed E-state index contributed by atoms with van der Waals surface area (Å²) < 4.78 is 0. The van der Waals surface area contributed by atoms with E-state index >= 15 is 0 Å². The maximum atomic E-state index is 5.75. The van der Waals surface area contributed by atoms with Gasteiger partial charge in [-0.1, -0.05) is 141 Å². The zero-order chi connectivity index (χ0) is 28.3. The second-order valence-corrected chi connectivity index (χ2v) is 21.7. The van der Waals surface area contributed by atoms with Crippen LogP contribution in [0.5, 0.6) is 0 Å². The maximum Gasteiger partial charge on any atom is 0.0373 e. The Morgan fingerprint density at radius 1 is 0.757 bits per heavy atom. The van der Waals surface area contributed by atoms with Gasteiger partial charge in [-0.3, -0.25) is 0 Å². The minimum Gasteiger partial charge on any atom is -0.661 e. The molecule has 0 aliphatic carbocycles. The second kappa shape index (κ2) is 13.7. The molecule has 0 unspecified atom stereocenters. The van der Waals surface area contributed by atoms with E-state index in [1.54, 1.807) is 0 Å². The summed E-state index contributed by atoms with van der Waals surface area (Å²) in [6.07, 6.45) is 7.71. The third kappa shape index (κ3) is 12.0. The van der Waals surface area contributed by atoms with E-state index in [1.807, 2.05) is 13.8 Å². The van der Waals surface area contributed by atoms with Gasteiger partial charge in [-0.2, -0.15) is 5.70 Å². The molecule has 37 heavy (non-hydrogen) atoms. The van der Waals surface area contributed by atoms with Gasteiger partial charge in [-0.15, -0.1) is 5.70 Å². The molecular formula is C32H55CoN2P2-. The normalized spacial score (nSPS) is 15.7. The van der Waals surface area contributed by atoms with Crippen molar-refractivity contribution in [1.29, 1.82) is 0 Å². The van der Waals surface area contributed by atoms with Crippen LogP contribution in [0.4, 0.5) is 5.69 Å². The Balaban J connectivity index is 0.000000984. The predicted octanol–water partition coefficient (Wildman–Crippen LogP) is 11.0. The maximum absolute atomic E-state index is 5.75. The fourth-order valence-electron chi connectivity index (χ4n) is 5.02. The first kappa shape index (κ1) is 36.4. The molecule has 0 fully saturated rings. The summed E-state index contributed by atoms with van der Waals surface area (Å²) in [7, 11) is -0.447. The number of hydrogen-bond donors (Lipinski definition) is 1. The van der Waals surface area contributed by atoms with Crippen LogP contribution in [0.25, 0.3) is 5.32 Å². The largest absolute Gasteiger partial charge is 0.661 e. The van der Waals surface area contributed by atoms with E-state index in [4.69, 9.17) is 11.1 Å². The van der Waals surface area contributed by atoms with Gasteiger partial charge in [0.25, 0.3) is 0 Å². The SMILES string of the molecule is CC(C)(C)P(/C=C1/C=CC=C(CP(C(C)(C)C)C(C)(C)C)[N-]1)C(C)(C)C.Cc1cc(C)c(N)c(C)c1.[Co]. The van der Waals surface area contributed by atoms with E-state index in [1.165, 1.54) is 22.4 Å². The fourth-order valence-corrected chi connectivity index (χ4v) is 11.7. The van der Waals surface area contributed by atoms with Gasteiger partial charge < -0.3 is 11.1 Å². The third-order valence-corrected chi connectivity index (χ3v) is 13.5. The van der Waals surface area contributed by atoms with Crippen molar-refractivity contribution in [3.8, 4) is 0 Å². The summed E-state index contributed by atoms with van der Waals surface area (Å²) >= 11 is 0. The number of nitrogens with two attached hydrogens (primary N) is 1. The van der Waals surface area contributed by atoms with E-state index < -0.39 is 0 Å². The molecule has 0 atom stereocenters. The summed E-state index contributed by atoms with van der Waals surface area (Å²) in [5, 5.41) is 6.32. The van der Waals surface area contributed by atoms with Crippen LogP contribution in [-0.4, -0.2) is 26.8 Å². The molecule has 2 N–H and O–H groups in total. The van der Waals surface area contributed by atoms with Gasteiger partial charge in [0.15, 0.2) is 0 Å². The molecular weight excluding hydrogens is 533 g/mol. The Kier molecular flexibility index (Phi) is 13.4. The minimum absolute atomic E-state index is 0. The second-order valence-electron chi connectivity index (χ2n) is 14.1. The smallest absolute Gasteiger partial charge is 0.0373 e. The van der Waals surface area contributed by atoms with Crippen LogP contribution < -0.4 is 5.73 Å². The van der Waals surface area contributed by atoms with Gasteiger partial charge in [0, 0.05) is 22.5 Å². The van der Waals surface area contributed by atoms with Gasteiger partial charge in [0.2, 0.25) is 0 Å². The summed E-state index contributed by atoms with van der Waals surface area (Å²) in [5.41, 5.74) is 12.7. The van der Waals surface area contributed by atoms with Crippen LogP contribution in [0, 0.1) is 20.8 Å². The van der Waals surface area contributed by atoms with Gasteiger partial charge in [0.05, 0.1) is 0 Å². The Morgan fingerprint density at radius 2 is 1.19 bits per heavy atom. The van der Waals surface area contributed by atoms with Crippen molar-refractivity contribution in [3.63, 3.8) is 0 Å². The number of aryl methyl sites for hydroxylation is 3. The molecule has 5 heteroatoms. The molecule has 1 aromatic rings. The van der Waals surface area contributed by atoms with Gasteiger partial charge >= 0.3 is 0 Å². The number of benzene rings is 1. The Hall–Kier alpha value is -0.594. The molecule has 0 saturated heterocycles. The molecule has 1 aliphatic heterocycles. The van der Waals surface area contributed by atoms with E-state index in [0.29, 0.717) is 10.3 Å². The third-order valence-electron chi connectivity index (χ3n) is 6.21. The van der Waals surface area contributed by atoms with Crippen LogP contribution in [0.2, 0.25) is 0 Å². The monoisotopic (exact) mass is 588 g/mol. The number of allylic oxidation sites excluding steroid dienone is 4. The zero-order valence-corrected chi connectivity index (χ0v) is 29.3. The number of rotatable bonds is 3. The molecule has 0 saturated carbocycles. The fraction of sp³-hybridized carbons (Fsp3) is 0.625. The minimum atomic E-state index is -0.279. The van der Waals surface area contributed by atoms with Crippen LogP contribution in [0.15, 0.2) is 47.6 Å². The van der Waals surface area contributed by atoms with Crippen molar-refractivity contribution < 1.29 is 16.8 Å². The molecule has 2 rings (SSSR count). The molecule has 0 bridgehead atoms. The van der Waals surface area contributed by atoms with Crippen LogP contribution >= 0.6 is 15.8 Å². The zero-order valence-electron chi connectivity index (χ0n) is 26.4. The molecule has 1 radical (unpaired) electrons. The number of nitrogens with zero attached hydrogens (tertiary/aromatic N) is 1. The van der Waals surface area contributed by atoms with E-state index in [0.717, 1.165) is 17.5 Å². The standard InChI is InChI=1S/C23H42NP2.C9H13N.Co/c1-20(2,3)25(21(4,5)6)16-18-14-13-15-19(24-18)17-26(22(7,8)9)23(10,11)12;1-6-4-7(2)9(10)8(3)5-6;/h13-16H,17H2,1-12H3;4-5H,10H2,1-3H3;/q-1;;/b18-16-;;. The molecule has 0 amide bonds. The Labute approximate surface area is 243 Å². The average Bonchev–Trinajstić information content (AvgIpc) is 2.66. The number of nitrogen functional groups attached to an aromatic ring is 1. The van der Waals surface area contributed by atoms with Crippen molar-refractivity contribution in [2.24, 2.45) is 0 Å². The summed E-state index contributed by atoms with van der Waals surface area (Å²) in [6, 6.07) is 4.20. The predicted molar refractivity (Wildman–Crippen MR) is 171 cm³/mol. The van der Waals surface area contributed by atoms with Gasteiger partial charge in [-0.25, -0.2) is 0 Å². The van der Waals surface area contributed by atoms with E-state index in [-0.39, 0.29) is 42.9 Å². The molecule has 0 spiro atoms. The first-order valence-electron chi connectivity index (χ1n) is 13.2. The molecule has 1 heterocycles. The number of anilines is 1.